The Morgan fingerprint density at radius 2 is 1.89 bits per heavy atom. The third-order valence-corrected chi connectivity index (χ3v) is 5.58. The molecule has 1 aromatic rings. The highest BCUT2D eigenvalue weighted by molar-refractivity contribution is 9.10. The number of hydrogen-bond donors (Lipinski definition) is 1. The molecule has 1 aliphatic carbocycles. The third kappa shape index (κ3) is 3.30. The zero-order valence-electron chi connectivity index (χ0n) is 15.7. The van der Waals surface area contributed by atoms with E-state index in [1.807, 2.05) is 13.8 Å². The number of carbonyl (C=O) groups excluding carboxylic acids is 1. The van der Waals surface area contributed by atoms with E-state index in [0.29, 0.717) is 45.7 Å². The second-order valence-electron chi connectivity index (χ2n) is 7.43. The van der Waals surface area contributed by atoms with E-state index in [2.05, 4.69) is 22.0 Å². The number of rotatable bonds is 3. The number of benzene rings is 1. The Bertz CT molecular complexity index is 925. The van der Waals surface area contributed by atoms with E-state index in [1.165, 1.54) is 7.11 Å². The van der Waals surface area contributed by atoms with E-state index in [1.54, 1.807) is 19.2 Å². The first-order chi connectivity index (χ1) is 12.7. The number of methoxy groups -OCH3 is 2. The van der Waals surface area contributed by atoms with Crippen molar-refractivity contribution in [2.24, 2.45) is 11.1 Å². The molecule has 1 heterocycles. The highest BCUT2D eigenvalue weighted by atomic mass is 79.9. The van der Waals surface area contributed by atoms with Gasteiger partial charge in [-0.05, 0) is 23.1 Å². The lowest BCUT2D eigenvalue weighted by Crippen LogP contribution is -2.33. The summed E-state index contributed by atoms with van der Waals surface area (Å²) >= 11 is 3.54. The lowest BCUT2D eigenvalue weighted by Gasteiger charge is -2.37. The van der Waals surface area contributed by atoms with Gasteiger partial charge in [0.15, 0.2) is 17.3 Å². The van der Waals surface area contributed by atoms with Crippen LogP contribution in [0.4, 0.5) is 0 Å². The molecule has 2 N–H and O–H groups in total. The molecule has 1 aromatic carbocycles. The maximum atomic E-state index is 13.0. The number of carbonyl (C=O) groups is 1. The molecule has 0 amide bonds. The minimum Gasteiger partial charge on any atom is -0.493 e. The molecule has 0 fully saturated rings. The molecule has 0 aromatic heterocycles. The number of nitriles is 1. The van der Waals surface area contributed by atoms with Gasteiger partial charge in [-0.1, -0.05) is 29.8 Å². The van der Waals surface area contributed by atoms with Gasteiger partial charge in [-0.2, -0.15) is 5.26 Å². The molecular formula is C20H21BrN2O4. The Labute approximate surface area is 166 Å². The summed E-state index contributed by atoms with van der Waals surface area (Å²) in [4.78, 5) is 13.0. The van der Waals surface area contributed by atoms with Crippen LogP contribution in [-0.2, 0) is 9.53 Å². The Kier molecular flexibility index (Phi) is 4.96. The number of ether oxygens (including phenoxy) is 3. The van der Waals surface area contributed by atoms with Crippen LogP contribution < -0.4 is 15.2 Å². The van der Waals surface area contributed by atoms with Crippen LogP contribution in [0.15, 0.2) is 39.4 Å². The van der Waals surface area contributed by atoms with E-state index < -0.39 is 5.92 Å². The maximum Gasteiger partial charge on any atom is 0.205 e. The molecule has 2 aliphatic rings. The van der Waals surface area contributed by atoms with Gasteiger partial charge < -0.3 is 19.9 Å². The van der Waals surface area contributed by atoms with Gasteiger partial charge in [-0.25, -0.2) is 0 Å². The summed E-state index contributed by atoms with van der Waals surface area (Å²) < 4.78 is 17.1. The Morgan fingerprint density at radius 3 is 2.48 bits per heavy atom. The zero-order chi connectivity index (χ0) is 19.9. The number of hydrogen-bond acceptors (Lipinski definition) is 6. The SMILES string of the molecule is COc1cc(Br)c([C@@H]2C(C#N)=C(N)OC3=C2C(=O)CC(C)(C)C3)cc1OC. The third-order valence-electron chi connectivity index (χ3n) is 4.89. The van der Waals surface area contributed by atoms with Crippen LogP contribution in [0.5, 0.6) is 11.5 Å². The van der Waals surface area contributed by atoms with Crippen LogP contribution in [0.3, 0.4) is 0 Å². The fourth-order valence-electron chi connectivity index (χ4n) is 3.69. The molecule has 0 radical (unpaired) electrons. The van der Waals surface area contributed by atoms with Crippen molar-refractivity contribution in [1.29, 1.82) is 5.26 Å². The second kappa shape index (κ2) is 6.93. The smallest absolute Gasteiger partial charge is 0.205 e. The minimum absolute atomic E-state index is 0.0341. The van der Waals surface area contributed by atoms with Crippen molar-refractivity contribution >= 4 is 21.7 Å². The molecule has 0 bridgehead atoms. The number of allylic oxidation sites excluding steroid dienone is 3. The maximum absolute atomic E-state index is 13.0. The van der Waals surface area contributed by atoms with E-state index in [-0.39, 0.29) is 22.7 Å². The van der Waals surface area contributed by atoms with Crippen molar-refractivity contribution in [1.82, 2.24) is 0 Å². The minimum atomic E-state index is -0.614. The van der Waals surface area contributed by atoms with Gasteiger partial charge in [0.25, 0.3) is 0 Å². The first-order valence-electron chi connectivity index (χ1n) is 8.47. The summed E-state index contributed by atoms with van der Waals surface area (Å²) in [7, 11) is 3.08. The summed E-state index contributed by atoms with van der Waals surface area (Å²) in [5.74, 6) is 0.974. The van der Waals surface area contributed by atoms with Gasteiger partial charge in [-0.15, -0.1) is 0 Å². The summed E-state index contributed by atoms with van der Waals surface area (Å²) in [6.45, 7) is 4.03. The summed E-state index contributed by atoms with van der Waals surface area (Å²) in [6, 6.07) is 5.64. The number of nitrogens with zero attached hydrogens (tertiary/aromatic N) is 1. The molecule has 142 valence electrons. The summed E-state index contributed by atoms with van der Waals surface area (Å²) in [5.41, 5.74) is 7.25. The van der Waals surface area contributed by atoms with Crippen molar-refractivity contribution in [3.05, 3.63) is 45.0 Å². The Hall–Kier alpha value is -2.46. The Morgan fingerprint density at radius 1 is 1.26 bits per heavy atom. The van der Waals surface area contributed by atoms with Gasteiger partial charge in [0.05, 0.1) is 20.1 Å². The lowest BCUT2D eigenvalue weighted by molar-refractivity contribution is -0.119. The van der Waals surface area contributed by atoms with Crippen LogP contribution in [-0.4, -0.2) is 20.0 Å². The van der Waals surface area contributed by atoms with Gasteiger partial charge in [-0.3, -0.25) is 4.79 Å². The van der Waals surface area contributed by atoms with E-state index >= 15 is 0 Å². The average Bonchev–Trinajstić information content (AvgIpc) is 2.59. The topological polar surface area (TPSA) is 94.6 Å². The normalized spacial score (nSPS) is 21.3. The molecule has 0 spiro atoms. The molecule has 0 saturated heterocycles. The highest BCUT2D eigenvalue weighted by Crippen LogP contribution is 2.50. The van der Waals surface area contributed by atoms with Crippen LogP contribution in [0, 0.1) is 16.7 Å². The van der Waals surface area contributed by atoms with E-state index in [9.17, 15) is 10.1 Å². The highest BCUT2D eigenvalue weighted by Gasteiger charge is 2.43. The van der Waals surface area contributed by atoms with Gasteiger partial charge in [0.1, 0.15) is 17.4 Å². The monoisotopic (exact) mass is 432 g/mol. The first-order valence-corrected chi connectivity index (χ1v) is 9.27. The second-order valence-corrected chi connectivity index (χ2v) is 8.29. The van der Waals surface area contributed by atoms with Crippen molar-refractivity contribution in [3.8, 4) is 17.6 Å². The van der Waals surface area contributed by atoms with Gasteiger partial charge >= 0.3 is 0 Å². The predicted octanol–water partition coefficient (Wildman–Crippen LogP) is 3.92. The van der Waals surface area contributed by atoms with Crippen LogP contribution in [0.2, 0.25) is 0 Å². The zero-order valence-corrected chi connectivity index (χ0v) is 17.3. The quantitative estimate of drug-likeness (QED) is 0.777. The van der Waals surface area contributed by atoms with E-state index in [0.717, 1.165) is 0 Å². The molecule has 1 atom stereocenters. The lowest BCUT2D eigenvalue weighted by atomic mass is 9.70. The number of halogens is 1. The molecule has 1 aliphatic heterocycles. The van der Waals surface area contributed by atoms with Crippen LogP contribution in [0.1, 0.15) is 38.2 Å². The molecule has 0 saturated carbocycles. The Balaban J connectivity index is 2.25. The number of nitrogens with two attached hydrogens (primary N) is 1. The first kappa shape index (κ1) is 19.3. The molecule has 3 rings (SSSR count). The van der Waals surface area contributed by atoms with Crippen molar-refractivity contribution in [3.63, 3.8) is 0 Å². The van der Waals surface area contributed by atoms with Crippen molar-refractivity contribution < 1.29 is 19.0 Å². The van der Waals surface area contributed by atoms with Crippen LogP contribution in [0.25, 0.3) is 0 Å². The van der Waals surface area contributed by atoms with E-state index in [4.69, 9.17) is 19.9 Å². The fourth-order valence-corrected chi connectivity index (χ4v) is 4.24. The number of Topliss-reactive ketones (excluding diaryl/α,β-unsaturated/α-hetero) is 1. The fraction of sp³-hybridized carbons (Fsp3) is 0.400. The molecule has 6 nitrogen and oxygen atoms in total. The summed E-state index contributed by atoms with van der Waals surface area (Å²) in [5, 5.41) is 9.72. The van der Waals surface area contributed by atoms with Crippen LogP contribution >= 0.6 is 15.9 Å². The average molecular weight is 433 g/mol. The predicted molar refractivity (Wildman–Crippen MR) is 103 cm³/mol. The van der Waals surface area contributed by atoms with Crippen molar-refractivity contribution in [2.45, 2.75) is 32.6 Å². The molecule has 27 heavy (non-hydrogen) atoms. The van der Waals surface area contributed by atoms with Crippen molar-refractivity contribution in [2.75, 3.05) is 14.2 Å². The summed E-state index contributed by atoms with van der Waals surface area (Å²) in [6.07, 6.45) is 0.962. The van der Waals surface area contributed by atoms with Gasteiger partial charge in [0.2, 0.25) is 5.88 Å². The molecule has 0 unspecified atom stereocenters. The number of ketones is 1. The molecule has 7 heteroatoms. The largest absolute Gasteiger partial charge is 0.493 e. The molecular weight excluding hydrogens is 412 g/mol. The standard InChI is InChI=1S/C20H21BrN2O4/c1-20(2)7-13(24)18-16(8-20)27-19(23)11(9-22)17(18)10-5-14(25-3)15(26-4)6-12(10)21/h5-6,17H,7-8,23H2,1-4H3/t17-/m1/s1. The van der Waals surface area contributed by atoms with Gasteiger partial charge in [0, 0.05) is 22.9 Å².